The summed E-state index contributed by atoms with van der Waals surface area (Å²) in [5, 5.41) is 13.1. The number of nitrogens with zero attached hydrogens (tertiary/aromatic N) is 1. The Balaban J connectivity index is 1.63. The molecule has 3 N–H and O–H groups in total. The van der Waals surface area contributed by atoms with Gasteiger partial charge in [-0.2, -0.15) is 0 Å². The van der Waals surface area contributed by atoms with Crippen LogP contribution in [0.25, 0.3) is 11.0 Å². The smallest absolute Gasteiger partial charge is 0.251 e. The monoisotopic (exact) mass is 339 g/mol. The first-order chi connectivity index (χ1) is 12.0. The molecule has 0 bridgehead atoms. The normalized spacial score (nSPS) is 12.3. The predicted molar refractivity (Wildman–Crippen MR) is 95.6 cm³/mol. The van der Waals surface area contributed by atoms with Crippen molar-refractivity contribution in [3.05, 3.63) is 59.9 Å². The highest BCUT2D eigenvalue weighted by molar-refractivity contribution is 5.97. The molecule has 25 heavy (non-hydrogen) atoms. The highest BCUT2D eigenvalue weighted by Gasteiger charge is 2.12. The second-order valence-electron chi connectivity index (χ2n) is 6.10. The molecule has 1 aromatic heterocycles. The fraction of sp³-hybridized carbons (Fsp3) is 0.263. The van der Waals surface area contributed by atoms with Crippen molar-refractivity contribution in [1.82, 2.24) is 15.3 Å². The van der Waals surface area contributed by atoms with Gasteiger partial charge in [0, 0.05) is 12.1 Å². The van der Waals surface area contributed by atoms with Crippen LogP contribution in [0.2, 0.25) is 0 Å². The molecule has 0 radical (unpaired) electrons. The van der Waals surface area contributed by atoms with Gasteiger partial charge in [-0.05, 0) is 49.7 Å². The van der Waals surface area contributed by atoms with Gasteiger partial charge in [0.15, 0.2) is 0 Å². The summed E-state index contributed by atoms with van der Waals surface area (Å²) in [5.74, 6) is 0.452. The van der Waals surface area contributed by atoms with E-state index >= 15 is 0 Å². The molecule has 6 nitrogen and oxygen atoms in total. The van der Waals surface area contributed by atoms with Crippen molar-refractivity contribution in [1.29, 1.82) is 0 Å². The van der Waals surface area contributed by atoms with Gasteiger partial charge < -0.3 is 20.1 Å². The van der Waals surface area contributed by atoms with E-state index in [2.05, 4.69) is 15.3 Å². The average Bonchev–Trinajstić information content (AvgIpc) is 3.06. The molecule has 1 amide bonds. The Morgan fingerprint density at radius 3 is 2.92 bits per heavy atom. The Morgan fingerprint density at radius 1 is 1.28 bits per heavy atom. The summed E-state index contributed by atoms with van der Waals surface area (Å²) in [5.41, 5.74) is 2.81. The maximum atomic E-state index is 12.3. The Kier molecular flexibility index (Phi) is 5.00. The van der Waals surface area contributed by atoms with Crippen LogP contribution < -0.4 is 10.1 Å². The lowest BCUT2D eigenvalue weighted by atomic mass is 10.1. The van der Waals surface area contributed by atoms with Gasteiger partial charge in [-0.15, -0.1) is 0 Å². The molecule has 0 aliphatic carbocycles. The van der Waals surface area contributed by atoms with Crippen LogP contribution in [0.1, 0.15) is 35.9 Å². The van der Waals surface area contributed by atoms with E-state index in [1.165, 1.54) is 0 Å². The summed E-state index contributed by atoms with van der Waals surface area (Å²) < 4.78 is 5.63. The third-order valence-corrected chi connectivity index (χ3v) is 3.75. The molecule has 0 saturated heterocycles. The summed E-state index contributed by atoms with van der Waals surface area (Å²) in [6, 6.07) is 12.5. The number of aromatic nitrogens is 2. The largest absolute Gasteiger partial charge is 0.491 e. The van der Waals surface area contributed by atoms with Crippen molar-refractivity contribution in [2.75, 3.05) is 6.54 Å². The summed E-state index contributed by atoms with van der Waals surface area (Å²) in [6.45, 7) is 4.00. The Labute approximate surface area is 145 Å². The maximum absolute atomic E-state index is 12.3. The second kappa shape index (κ2) is 7.36. The van der Waals surface area contributed by atoms with Crippen LogP contribution in [0.5, 0.6) is 5.75 Å². The molecule has 2 aromatic carbocycles. The van der Waals surface area contributed by atoms with E-state index < -0.39 is 6.10 Å². The number of aromatic amines is 1. The standard InChI is InChI=1S/C19H21N3O3/c1-12(2)25-15-5-3-4-13(8-15)18(23)10-20-19(24)14-6-7-16-17(9-14)22-11-21-16/h3-9,11-12,18,23H,10H2,1-2H3,(H,20,24)(H,21,22). The minimum absolute atomic E-state index is 0.0597. The van der Waals surface area contributed by atoms with Gasteiger partial charge in [-0.1, -0.05) is 12.1 Å². The number of amides is 1. The van der Waals surface area contributed by atoms with Gasteiger partial charge in [0.05, 0.1) is 29.6 Å². The van der Waals surface area contributed by atoms with Crippen molar-refractivity contribution in [3.63, 3.8) is 0 Å². The number of rotatable bonds is 6. The van der Waals surface area contributed by atoms with Crippen LogP contribution >= 0.6 is 0 Å². The molecule has 0 spiro atoms. The first-order valence-electron chi connectivity index (χ1n) is 8.19. The van der Waals surface area contributed by atoms with Crippen LogP contribution in [0.3, 0.4) is 0 Å². The molecular weight excluding hydrogens is 318 g/mol. The SMILES string of the molecule is CC(C)Oc1cccc(C(O)CNC(=O)c2ccc3nc[nH]c3c2)c1. The quantitative estimate of drug-likeness (QED) is 0.644. The Bertz CT molecular complexity index is 873. The lowest BCUT2D eigenvalue weighted by molar-refractivity contribution is 0.0916. The molecule has 0 aliphatic heterocycles. The highest BCUT2D eigenvalue weighted by Crippen LogP contribution is 2.20. The van der Waals surface area contributed by atoms with Gasteiger partial charge in [-0.3, -0.25) is 4.79 Å². The van der Waals surface area contributed by atoms with E-state index in [0.29, 0.717) is 16.9 Å². The zero-order chi connectivity index (χ0) is 17.8. The van der Waals surface area contributed by atoms with Crippen molar-refractivity contribution in [2.24, 2.45) is 0 Å². The van der Waals surface area contributed by atoms with E-state index in [9.17, 15) is 9.90 Å². The number of hydrogen-bond acceptors (Lipinski definition) is 4. The summed E-state index contributed by atoms with van der Waals surface area (Å²) >= 11 is 0. The van der Waals surface area contributed by atoms with E-state index in [1.807, 2.05) is 26.0 Å². The van der Waals surface area contributed by atoms with Gasteiger partial charge in [0.2, 0.25) is 0 Å². The number of carbonyl (C=O) groups is 1. The molecule has 0 aliphatic rings. The number of fused-ring (bicyclic) bond motifs is 1. The zero-order valence-electron chi connectivity index (χ0n) is 14.2. The topological polar surface area (TPSA) is 87.2 Å². The van der Waals surface area contributed by atoms with Crippen LogP contribution in [0.15, 0.2) is 48.8 Å². The van der Waals surface area contributed by atoms with Gasteiger partial charge >= 0.3 is 0 Å². The number of aliphatic hydroxyl groups excluding tert-OH is 1. The lowest BCUT2D eigenvalue weighted by Gasteiger charge is -2.15. The Morgan fingerprint density at radius 2 is 2.12 bits per heavy atom. The summed E-state index contributed by atoms with van der Waals surface area (Å²) in [7, 11) is 0. The minimum Gasteiger partial charge on any atom is -0.491 e. The maximum Gasteiger partial charge on any atom is 0.251 e. The van der Waals surface area contributed by atoms with Crippen molar-refractivity contribution < 1.29 is 14.6 Å². The fourth-order valence-corrected chi connectivity index (χ4v) is 2.55. The third kappa shape index (κ3) is 4.16. The number of benzene rings is 2. The second-order valence-corrected chi connectivity index (χ2v) is 6.10. The number of nitrogens with one attached hydrogen (secondary N) is 2. The number of H-pyrrole nitrogens is 1. The Hall–Kier alpha value is -2.86. The van der Waals surface area contributed by atoms with Crippen LogP contribution in [0, 0.1) is 0 Å². The third-order valence-electron chi connectivity index (χ3n) is 3.75. The van der Waals surface area contributed by atoms with Crippen LogP contribution in [0.4, 0.5) is 0 Å². The van der Waals surface area contributed by atoms with Gasteiger partial charge in [-0.25, -0.2) is 4.98 Å². The molecule has 1 unspecified atom stereocenters. The van der Waals surface area contributed by atoms with Gasteiger partial charge in [0.1, 0.15) is 5.75 Å². The van der Waals surface area contributed by atoms with E-state index in [4.69, 9.17) is 4.74 Å². The van der Waals surface area contributed by atoms with Gasteiger partial charge in [0.25, 0.3) is 5.91 Å². The summed E-state index contributed by atoms with van der Waals surface area (Å²) in [6.07, 6.45) is 0.836. The number of carbonyl (C=O) groups excluding carboxylic acids is 1. The molecule has 6 heteroatoms. The minimum atomic E-state index is -0.810. The molecule has 130 valence electrons. The number of aliphatic hydroxyl groups is 1. The molecule has 0 saturated carbocycles. The number of ether oxygens (including phenoxy) is 1. The number of hydrogen-bond donors (Lipinski definition) is 3. The molecule has 3 aromatic rings. The van der Waals surface area contributed by atoms with E-state index in [0.717, 1.165) is 11.0 Å². The average molecular weight is 339 g/mol. The van der Waals surface area contributed by atoms with Crippen molar-refractivity contribution >= 4 is 16.9 Å². The molecular formula is C19H21N3O3. The molecule has 3 rings (SSSR count). The molecule has 1 atom stereocenters. The predicted octanol–water partition coefficient (Wildman–Crippen LogP) is 2.81. The van der Waals surface area contributed by atoms with E-state index in [-0.39, 0.29) is 18.6 Å². The van der Waals surface area contributed by atoms with Crippen LogP contribution in [-0.2, 0) is 0 Å². The van der Waals surface area contributed by atoms with Crippen molar-refractivity contribution in [2.45, 2.75) is 26.1 Å². The first kappa shape index (κ1) is 17.0. The molecule has 0 fully saturated rings. The lowest BCUT2D eigenvalue weighted by Crippen LogP contribution is -2.28. The highest BCUT2D eigenvalue weighted by atomic mass is 16.5. The number of imidazole rings is 1. The van der Waals surface area contributed by atoms with Crippen LogP contribution in [-0.4, -0.2) is 33.6 Å². The van der Waals surface area contributed by atoms with E-state index in [1.54, 1.807) is 36.7 Å². The fourth-order valence-electron chi connectivity index (χ4n) is 2.55. The summed E-state index contributed by atoms with van der Waals surface area (Å²) in [4.78, 5) is 19.4. The zero-order valence-corrected chi connectivity index (χ0v) is 14.2. The molecule has 1 heterocycles. The van der Waals surface area contributed by atoms with Crippen molar-refractivity contribution in [3.8, 4) is 5.75 Å². The first-order valence-corrected chi connectivity index (χ1v) is 8.19.